The Morgan fingerprint density at radius 3 is 2.94 bits per heavy atom. The number of anilines is 1. The molecule has 0 saturated carbocycles. The molecule has 1 fully saturated rings. The van der Waals surface area contributed by atoms with Gasteiger partial charge in [0, 0.05) is 18.1 Å². The monoisotopic (exact) mass is 438 g/mol. The van der Waals surface area contributed by atoms with Gasteiger partial charge >= 0.3 is 0 Å². The van der Waals surface area contributed by atoms with Crippen LogP contribution in [0.2, 0.25) is 0 Å². The number of halogens is 1. The molecule has 9 heteroatoms. The first-order valence-corrected chi connectivity index (χ1v) is 11.2. The standard InChI is InChI=1S/C22H23FN6OS/c1-14-7-8-16(23)11-17(14)24-20(30)13-31-22-26-25-21-19-12-18(15-5-3-2-4-6-15)27-29(19)10-9-28(21)22/h2-11,18-19,21,25,27H,12-13H2,1H3,(H,24,30). The highest BCUT2D eigenvalue weighted by atomic mass is 32.2. The van der Waals surface area contributed by atoms with Gasteiger partial charge in [0.25, 0.3) is 0 Å². The Hall–Kier alpha value is -3.04. The molecule has 7 nitrogen and oxygen atoms in total. The van der Waals surface area contributed by atoms with Crippen LogP contribution in [-0.4, -0.2) is 38.9 Å². The number of amides is 1. The molecule has 3 aliphatic heterocycles. The van der Waals surface area contributed by atoms with Crippen LogP contribution >= 0.6 is 11.8 Å². The van der Waals surface area contributed by atoms with Crippen LogP contribution in [0.25, 0.3) is 0 Å². The molecular formula is C22H23FN6OS. The fourth-order valence-electron chi connectivity index (χ4n) is 4.10. The Morgan fingerprint density at radius 2 is 2.10 bits per heavy atom. The van der Waals surface area contributed by atoms with Crippen LogP contribution in [-0.2, 0) is 4.79 Å². The summed E-state index contributed by atoms with van der Waals surface area (Å²) in [6.07, 6.45) is 4.93. The fourth-order valence-corrected chi connectivity index (χ4v) is 4.87. The van der Waals surface area contributed by atoms with Gasteiger partial charge in [0.15, 0.2) is 5.17 Å². The molecule has 2 aromatic rings. The van der Waals surface area contributed by atoms with E-state index in [0.717, 1.165) is 17.2 Å². The Morgan fingerprint density at radius 1 is 1.26 bits per heavy atom. The van der Waals surface area contributed by atoms with Crippen molar-refractivity contribution in [3.63, 3.8) is 0 Å². The van der Waals surface area contributed by atoms with E-state index in [1.165, 1.54) is 29.5 Å². The lowest BCUT2D eigenvalue weighted by Gasteiger charge is -2.36. The van der Waals surface area contributed by atoms with Crippen molar-refractivity contribution in [2.45, 2.75) is 31.6 Å². The molecule has 3 N–H and O–H groups in total. The summed E-state index contributed by atoms with van der Waals surface area (Å²) in [5, 5.41) is 10.1. The van der Waals surface area contributed by atoms with Crippen molar-refractivity contribution in [3.8, 4) is 0 Å². The number of thioether (sulfide) groups is 1. The van der Waals surface area contributed by atoms with Gasteiger partial charge in [-0.15, -0.1) is 0 Å². The number of hydrazone groups is 1. The largest absolute Gasteiger partial charge is 0.325 e. The van der Waals surface area contributed by atoms with Gasteiger partial charge in [-0.3, -0.25) is 10.2 Å². The molecule has 1 amide bonds. The smallest absolute Gasteiger partial charge is 0.234 e. The minimum Gasteiger partial charge on any atom is -0.325 e. The number of fused-ring (bicyclic) bond motifs is 3. The summed E-state index contributed by atoms with van der Waals surface area (Å²) >= 11 is 1.36. The van der Waals surface area contributed by atoms with E-state index in [9.17, 15) is 9.18 Å². The van der Waals surface area contributed by atoms with Gasteiger partial charge in [-0.2, -0.15) is 5.10 Å². The second-order valence-corrected chi connectivity index (χ2v) is 8.72. The minimum absolute atomic E-state index is 0.00207. The highest BCUT2D eigenvalue weighted by molar-refractivity contribution is 8.14. The number of nitrogens with zero attached hydrogens (tertiary/aromatic N) is 3. The number of carbonyl (C=O) groups is 1. The topological polar surface area (TPSA) is 72.0 Å². The molecule has 31 heavy (non-hydrogen) atoms. The van der Waals surface area contributed by atoms with E-state index in [0.29, 0.717) is 5.69 Å². The average Bonchev–Trinajstić information content (AvgIpc) is 3.39. The Balaban J connectivity index is 1.19. The summed E-state index contributed by atoms with van der Waals surface area (Å²) < 4.78 is 13.5. The van der Waals surface area contributed by atoms with Crippen LogP contribution < -0.4 is 16.2 Å². The van der Waals surface area contributed by atoms with E-state index < -0.39 is 0 Å². The number of amidine groups is 1. The molecule has 2 aromatic carbocycles. The summed E-state index contributed by atoms with van der Waals surface area (Å²) in [6, 6.07) is 15.2. The maximum atomic E-state index is 13.5. The van der Waals surface area contributed by atoms with Crippen molar-refractivity contribution in [1.29, 1.82) is 0 Å². The number of nitrogens with one attached hydrogen (secondary N) is 3. The molecule has 3 atom stereocenters. The van der Waals surface area contributed by atoms with E-state index in [-0.39, 0.29) is 35.7 Å². The summed E-state index contributed by atoms with van der Waals surface area (Å²) in [6.45, 7) is 1.83. The molecule has 3 unspecified atom stereocenters. The van der Waals surface area contributed by atoms with Crippen LogP contribution in [0.1, 0.15) is 23.6 Å². The second-order valence-electron chi connectivity index (χ2n) is 7.77. The Labute approximate surface area is 184 Å². The molecule has 0 radical (unpaired) electrons. The number of rotatable bonds is 4. The highest BCUT2D eigenvalue weighted by Gasteiger charge is 2.44. The van der Waals surface area contributed by atoms with E-state index in [4.69, 9.17) is 0 Å². The molecular weight excluding hydrogens is 415 g/mol. The summed E-state index contributed by atoms with van der Waals surface area (Å²) in [7, 11) is 0. The average molecular weight is 439 g/mol. The molecule has 0 aliphatic carbocycles. The third kappa shape index (κ3) is 3.98. The molecule has 5 rings (SSSR count). The van der Waals surface area contributed by atoms with Crippen molar-refractivity contribution in [2.75, 3.05) is 11.1 Å². The predicted octanol–water partition coefficient (Wildman–Crippen LogP) is 3.11. The predicted molar refractivity (Wildman–Crippen MR) is 120 cm³/mol. The molecule has 160 valence electrons. The lowest BCUT2D eigenvalue weighted by atomic mass is 10.00. The van der Waals surface area contributed by atoms with Gasteiger partial charge in [0.1, 0.15) is 12.0 Å². The van der Waals surface area contributed by atoms with E-state index in [1.54, 1.807) is 6.07 Å². The summed E-state index contributed by atoms with van der Waals surface area (Å²) in [5.74, 6) is -0.380. The molecule has 3 aliphatic rings. The van der Waals surface area contributed by atoms with Gasteiger partial charge in [0.05, 0.1) is 17.8 Å². The van der Waals surface area contributed by atoms with Gasteiger partial charge in [0.2, 0.25) is 5.91 Å². The van der Waals surface area contributed by atoms with Crippen molar-refractivity contribution in [2.24, 2.45) is 5.10 Å². The van der Waals surface area contributed by atoms with Crippen LogP contribution in [0.3, 0.4) is 0 Å². The van der Waals surface area contributed by atoms with E-state index in [1.807, 2.05) is 25.4 Å². The van der Waals surface area contributed by atoms with Crippen molar-refractivity contribution < 1.29 is 9.18 Å². The maximum Gasteiger partial charge on any atom is 0.234 e. The second kappa shape index (κ2) is 8.24. The quantitative estimate of drug-likeness (QED) is 0.682. The van der Waals surface area contributed by atoms with Crippen molar-refractivity contribution in [3.05, 3.63) is 77.9 Å². The number of aryl methyl sites for hydroxylation is 1. The number of hydrazine groups is 1. The molecule has 1 saturated heterocycles. The summed E-state index contributed by atoms with van der Waals surface area (Å²) in [4.78, 5) is 14.5. The van der Waals surface area contributed by atoms with Gasteiger partial charge in [-0.1, -0.05) is 48.2 Å². The van der Waals surface area contributed by atoms with Gasteiger partial charge in [-0.25, -0.2) is 9.82 Å². The van der Waals surface area contributed by atoms with Crippen LogP contribution in [0, 0.1) is 12.7 Å². The van der Waals surface area contributed by atoms with Crippen LogP contribution in [0.4, 0.5) is 10.1 Å². The zero-order chi connectivity index (χ0) is 21.4. The van der Waals surface area contributed by atoms with Gasteiger partial charge in [-0.05, 0) is 36.6 Å². The maximum absolute atomic E-state index is 13.5. The fraction of sp³-hybridized carbons (Fsp3) is 0.273. The Bertz CT molecular complexity index is 1050. The normalized spacial score (nSPS) is 23.8. The Kier molecular flexibility index (Phi) is 5.29. The third-order valence-electron chi connectivity index (χ3n) is 5.71. The SMILES string of the molecule is Cc1ccc(F)cc1NC(=O)CSC1=NNC2C3CC(c4ccccc4)NN3C=CN12. The lowest BCUT2D eigenvalue weighted by Crippen LogP contribution is -2.54. The zero-order valence-electron chi connectivity index (χ0n) is 17.0. The van der Waals surface area contributed by atoms with Crippen molar-refractivity contribution >= 4 is 28.5 Å². The zero-order valence-corrected chi connectivity index (χ0v) is 17.8. The molecule has 0 spiro atoms. The lowest BCUT2D eigenvalue weighted by molar-refractivity contribution is -0.113. The highest BCUT2D eigenvalue weighted by Crippen LogP contribution is 2.35. The first kappa shape index (κ1) is 19.9. The van der Waals surface area contributed by atoms with E-state index in [2.05, 4.69) is 55.4 Å². The van der Waals surface area contributed by atoms with Crippen LogP contribution in [0.5, 0.6) is 0 Å². The first-order valence-electron chi connectivity index (χ1n) is 10.2. The number of benzene rings is 2. The van der Waals surface area contributed by atoms with Crippen LogP contribution in [0.15, 0.2) is 66.0 Å². The number of hydrogen-bond donors (Lipinski definition) is 3. The molecule has 0 bridgehead atoms. The van der Waals surface area contributed by atoms with Gasteiger partial charge < -0.3 is 15.2 Å². The van der Waals surface area contributed by atoms with Crippen molar-refractivity contribution in [1.82, 2.24) is 20.8 Å². The number of hydrogen-bond acceptors (Lipinski definition) is 7. The molecule has 3 heterocycles. The first-order chi connectivity index (χ1) is 15.1. The number of carbonyl (C=O) groups excluding carboxylic acids is 1. The minimum atomic E-state index is -0.372. The third-order valence-corrected chi connectivity index (χ3v) is 6.68. The molecule has 0 aromatic heterocycles. The van der Waals surface area contributed by atoms with E-state index >= 15 is 0 Å². The summed E-state index contributed by atoms with van der Waals surface area (Å²) in [5.41, 5.74) is 9.34.